The zero-order valence-corrected chi connectivity index (χ0v) is 42.5. The molecule has 0 spiro atoms. The Balaban J connectivity index is 1.10. The van der Waals surface area contributed by atoms with E-state index in [1.807, 2.05) is 0 Å². The molecule has 0 aliphatic carbocycles. The molecule has 21 aliphatic rings. The highest BCUT2D eigenvalue weighted by Gasteiger charge is 2.59. The van der Waals surface area contributed by atoms with Gasteiger partial charge in [0.15, 0.2) is 44.0 Å². The van der Waals surface area contributed by atoms with Crippen molar-refractivity contribution in [3.05, 3.63) is 12.7 Å². The van der Waals surface area contributed by atoms with E-state index in [0.29, 0.717) is 0 Å². The van der Waals surface area contributed by atoms with Crippen LogP contribution in [0.3, 0.4) is 0 Å². The van der Waals surface area contributed by atoms with Gasteiger partial charge in [0.2, 0.25) is 5.91 Å². The number of hydrogen-bond donors (Lipinski definition) is 21. The monoisotopic (exact) mass is 1190 g/mol. The van der Waals surface area contributed by atoms with Gasteiger partial charge in [-0.2, -0.15) is 0 Å². The van der Waals surface area contributed by atoms with Crippen LogP contribution >= 0.6 is 0 Å². The number of nitrogens with one attached hydrogen (secondary N) is 1. The van der Waals surface area contributed by atoms with Gasteiger partial charge in [-0.05, 0) is 6.08 Å². The highest BCUT2D eigenvalue weighted by Crippen LogP contribution is 2.39. The van der Waals surface area contributed by atoms with E-state index < -0.39 is 267 Å². The number of amides is 1. The van der Waals surface area contributed by atoms with Crippen molar-refractivity contribution in [3.63, 3.8) is 0 Å². The molecule has 1 amide bonds. The van der Waals surface area contributed by atoms with Crippen molar-refractivity contribution in [1.29, 1.82) is 0 Å². The van der Waals surface area contributed by atoms with Crippen LogP contribution in [0.5, 0.6) is 0 Å². The summed E-state index contributed by atoms with van der Waals surface area (Å²) in [6.45, 7) is -3.64. The highest BCUT2D eigenvalue weighted by molar-refractivity contribution is 5.86. The fourth-order valence-corrected chi connectivity index (χ4v) is 10.7. The largest absolute Gasteiger partial charge is 0.394 e. The molecule has 0 unspecified atom stereocenters. The van der Waals surface area contributed by atoms with Crippen LogP contribution in [0.15, 0.2) is 12.7 Å². The summed E-state index contributed by atoms with van der Waals surface area (Å²) in [5, 5.41) is 224. The number of hydrogen-bond acceptors (Lipinski definition) is 35. The predicted molar refractivity (Wildman–Crippen MR) is 245 cm³/mol. The summed E-state index contributed by atoms with van der Waals surface area (Å²) in [6.07, 6.45) is -69.9. The third-order valence-corrected chi connectivity index (χ3v) is 15.3. The predicted octanol–water partition coefficient (Wildman–Crippen LogP) is -14.9. The summed E-state index contributed by atoms with van der Waals surface area (Å²) < 4.78 is 80.3. The normalized spacial score (nSPS) is 53.1. The first-order valence-electron chi connectivity index (χ1n) is 25.8. The standard InChI is InChI=1S/C45H73NO35/c1-2-17(53)46-3-10-32-18(54)25(61)39(68-10)76-33-11(4-47)70-41(27(63)20(33)56)78-35-13(6-49)72-43(29(65)22(35)58)80-37-15(8-51)74-45(31(67)24(37)60)81-38-16(9-52)73-44(30(66)23(38)59)79-36-14(7-50)71-42(28(64)21(36)57)77-34-12(5-48)69-40(75-32)26(62)19(34)55/h2,10-16,18-45,47-52,54-67H,1,3-9H2,(H,46,53)/t10-,11-,12+,13-,14+,15-,16+,18-,19-,20-,21-,22+,23-,24-,25-,26-,27+,28-,29+,30-,31-,32-,33-,34-,35-,36-,37-,38-,39-,40-,41-,42-,43-,44-,45-/m1/s1. The molecule has 21 saturated heterocycles. The Labute approximate surface area is 457 Å². The van der Waals surface area contributed by atoms with Crippen LogP contribution in [-0.4, -0.2) is 369 Å². The van der Waals surface area contributed by atoms with E-state index in [4.69, 9.17) is 66.3 Å². The van der Waals surface area contributed by atoms with Gasteiger partial charge >= 0.3 is 0 Å². The average Bonchev–Trinajstić information content (AvgIpc) is 3.59. The van der Waals surface area contributed by atoms with Crippen LogP contribution in [0, 0.1) is 0 Å². The minimum Gasteiger partial charge on any atom is -0.394 e. The summed E-state index contributed by atoms with van der Waals surface area (Å²) in [6, 6.07) is 0. The fraction of sp³-hybridized carbons (Fsp3) is 0.933. The van der Waals surface area contributed by atoms with Gasteiger partial charge in [-0.15, -0.1) is 0 Å². The van der Waals surface area contributed by atoms with E-state index in [9.17, 15) is 107 Å². The van der Waals surface area contributed by atoms with E-state index in [0.717, 1.165) is 6.08 Å². The number of aliphatic hydroxyl groups is 20. The van der Waals surface area contributed by atoms with Crippen LogP contribution < -0.4 is 5.32 Å². The summed E-state index contributed by atoms with van der Waals surface area (Å²) in [5.74, 6) is -0.815. The minimum absolute atomic E-state index is 0.625. The smallest absolute Gasteiger partial charge is 0.243 e. The Kier molecular flexibility index (Phi) is 22.2. The van der Waals surface area contributed by atoms with Crippen molar-refractivity contribution >= 4 is 5.91 Å². The molecule has 0 aromatic heterocycles. The van der Waals surface area contributed by atoms with Crippen LogP contribution in [0.25, 0.3) is 0 Å². The second-order valence-corrected chi connectivity index (χ2v) is 20.4. The number of carbonyl (C=O) groups excluding carboxylic acids is 1. The van der Waals surface area contributed by atoms with Gasteiger partial charge in [0.1, 0.15) is 171 Å². The first-order valence-corrected chi connectivity index (χ1v) is 25.8. The number of rotatable bonds is 9. The maximum absolute atomic E-state index is 12.4. The number of aliphatic hydroxyl groups excluding tert-OH is 20. The molecule has 0 radical (unpaired) electrons. The second kappa shape index (κ2) is 27.7. The quantitative estimate of drug-likeness (QED) is 0.0953. The van der Waals surface area contributed by atoms with Gasteiger partial charge in [0.05, 0.1) is 39.6 Å². The molecule has 14 bridgehead atoms. The van der Waals surface area contributed by atoms with Crippen molar-refractivity contribution in [1.82, 2.24) is 5.32 Å². The molecule has 468 valence electrons. The van der Waals surface area contributed by atoms with Gasteiger partial charge in [-0.1, -0.05) is 6.58 Å². The first kappa shape index (κ1) is 64.8. The van der Waals surface area contributed by atoms with Crippen LogP contribution in [0.1, 0.15) is 0 Å². The SMILES string of the molecule is C=CC(=O)NC[C@H]1O[C@@H]2O[C@H]3[C@H](O)[C@H](O)[C@@H](O[C@H]4[C@@H](O)[C@H](O)[C@@H](O[C@H]5[C@H](O)[C@@H](O)[C@@H](O[C@H]6[C@H](O)[C@@H](O)[C@@H](O[C@H]7[C@H](O)[C@@H](O)[C@@H](O[C@H]8[C@H](O)[C@@H](O)[C@@H](O[C@H]1[C@H](O)[C@H]2O)O[C@H]8CO)O[C@H]7CO)O[C@H]6CO)O[C@@H]5CO)O[C@@H]4CO)O[C@@H]3CO. The Morgan fingerprint density at radius 2 is 0.444 bits per heavy atom. The van der Waals surface area contributed by atoms with Crippen LogP contribution in [-0.2, 0) is 71.1 Å². The molecule has 0 aromatic carbocycles. The third kappa shape index (κ3) is 13.1. The van der Waals surface area contributed by atoms with Gasteiger partial charge in [-0.3, -0.25) is 4.79 Å². The van der Waals surface area contributed by atoms with Crippen molar-refractivity contribution < 1.29 is 173 Å². The van der Waals surface area contributed by atoms with Crippen molar-refractivity contribution in [2.75, 3.05) is 46.2 Å². The molecule has 0 aromatic rings. The fourth-order valence-electron chi connectivity index (χ4n) is 10.7. The Hall–Kier alpha value is -2.15. The van der Waals surface area contributed by atoms with E-state index in [1.165, 1.54) is 0 Å². The molecule has 21 N–H and O–H groups in total. The van der Waals surface area contributed by atoms with Crippen molar-refractivity contribution in [2.45, 2.75) is 215 Å². The summed E-state index contributed by atoms with van der Waals surface area (Å²) >= 11 is 0. The summed E-state index contributed by atoms with van der Waals surface area (Å²) in [4.78, 5) is 12.4. The lowest BCUT2D eigenvalue weighted by molar-refractivity contribution is -0.396. The average molecular weight is 1190 g/mol. The molecule has 35 atom stereocenters. The number of carbonyl (C=O) groups is 1. The zero-order valence-electron chi connectivity index (χ0n) is 42.5. The number of ether oxygens (including phenoxy) is 14. The van der Waals surface area contributed by atoms with Gasteiger partial charge in [0, 0.05) is 6.54 Å². The lowest BCUT2D eigenvalue weighted by atomic mass is 9.95. The molecule has 21 rings (SSSR count). The molecular weight excluding hydrogens is 1110 g/mol. The molecule has 36 heteroatoms. The summed E-state index contributed by atoms with van der Waals surface area (Å²) in [5.41, 5.74) is 0. The van der Waals surface area contributed by atoms with Gasteiger partial charge in [0.25, 0.3) is 0 Å². The Bertz CT molecular complexity index is 1990. The lowest BCUT2D eigenvalue weighted by Gasteiger charge is -2.50. The highest BCUT2D eigenvalue weighted by atomic mass is 16.8. The van der Waals surface area contributed by atoms with E-state index in [1.54, 1.807) is 0 Å². The van der Waals surface area contributed by atoms with E-state index in [2.05, 4.69) is 11.9 Å². The van der Waals surface area contributed by atoms with E-state index in [-0.39, 0.29) is 0 Å². The van der Waals surface area contributed by atoms with Gasteiger partial charge < -0.3 is 174 Å². The summed E-state index contributed by atoms with van der Waals surface area (Å²) in [7, 11) is 0. The molecule has 36 nitrogen and oxygen atoms in total. The first-order chi connectivity index (χ1) is 38.5. The maximum Gasteiger partial charge on any atom is 0.243 e. The molecule has 81 heavy (non-hydrogen) atoms. The second-order valence-electron chi connectivity index (χ2n) is 20.4. The Morgan fingerprint density at radius 3 is 0.605 bits per heavy atom. The minimum atomic E-state index is -2.24. The van der Waals surface area contributed by atoms with Crippen molar-refractivity contribution in [2.24, 2.45) is 0 Å². The molecular formula is C45H73NO35. The third-order valence-electron chi connectivity index (χ3n) is 15.3. The molecule has 21 aliphatic heterocycles. The lowest BCUT2D eigenvalue weighted by Crippen LogP contribution is -2.68. The molecule has 0 saturated carbocycles. The molecule has 21 fully saturated rings. The van der Waals surface area contributed by atoms with E-state index >= 15 is 0 Å². The van der Waals surface area contributed by atoms with Crippen molar-refractivity contribution in [3.8, 4) is 0 Å². The topological polar surface area (TPSA) is 563 Å². The van der Waals surface area contributed by atoms with Crippen LogP contribution in [0.4, 0.5) is 0 Å². The van der Waals surface area contributed by atoms with Crippen LogP contribution in [0.2, 0.25) is 0 Å². The zero-order chi connectivity index (χ0) is 59.0. The van der Waals surface area contributed by atoms with Gasteiger partial charge in [-0.25, -0.2) is 0 Å². The Morgan fingerprint density at radius 1 is 0.284 bits per heavy atom. The molecule has 21 heterocycles. The maximum atomic E-state index is 12.4.